The Balaban J connectivity index is 0.00000231. The van der Waals surface area contributed by atoms with E-state index in [2.05, 4.69) is 15.7 Å². The lowest BCUT2D eigenvalue weighted by molar-refractivity contribution is 0.0951. The third-order valence-electron chi connectivity index (χ3n) is 6.11. The Morgan fingerprint density at radius 1 is 1.16 bits per heavy atom. The SMILES string of the molecule is Cl.O=C(NCCc1cnn(-c2ccccc2)c1)c1ccc2n(c1=O)C[C@@H]1CNC[C@H]2C1. The van der Waals surface area contributed by atoms with E-state index in [0.717, 1.165) is 36.5 Å². The van der Waals surface area contributed by atoms with Gasteiger partial charge in [-0.05, 0) is 55.1 Å². The Kier molecular flexibility index (Phi) is 6.25. The van der Waals surface area contributed by atoms with Crippen LogP contribution < -0.4 is 16.2 Å². The summed E-state index contributed by atoms with van der Waals surface area (Å²) in [4.78, 5) is 25.6. The third kappa shape index (κ3) is 4.29. The van der Waals surface area contributed by atoms with Gasteiger partial charge < -0.3 is 15.2 Å². The molecule has 0 saturated carbocycles. The van der Waals surface area contributed by atoms with E-state index in [1.54, 1.807) is 12.3 Å². The highest BCUT2D eigenvalue weighted by Gasteiger charge is 2.31. The number of pyridine rings is 1. The normalized spacial score (nSPS) is 19.2. The lowest BCUT2D eigenvalue weighted by Crippen LogP contribution is -2.46. The Morgan fingerprint density at radius 2 is 2.00 bits per heavy atom. The molecule has 1 aromatic carbocycles. The molecule has 2 aromatic heterocycles. The molecule has 1 saturated heterocycles. The molecule has 8 heteroatoms. The Bertz CT molecular complexity index is 1120. The van der Waals surface area contributed by atoms with E-state index in [9.17, 15) is 9.59 Å². The minimum absolute atomic E-state index is 0. The summed E-state index contributed by atoms with van der Waals surface area (Å²) >= 11 is 0. The first-order chi connectivity index (χ1) is 14.7. The van der Waals surface area contributed by atoms with Crippen LogP contribution in [0.2, 0.25) is 0 Å². The average Bonchev–Trinajstić information content (AvgIpc) is 3.24. The molecular formula is C23H26ClN5O2. The molecule has 5 rings (SSSR count). The van der Waals surface area contributed by atoms with Gasteiger partial charge in [0, 0.05) is 37.4 Å². The summed E-state index contributed by atoms with van der Waals surface area (Å²) in [5.41, 5.74) is 3.13. The highest BCUT2D eigenvalue weighted by Crippen LogP contribution is 2.31. The van der Waals surface area contributed by atoms with Gasteiger partial charge >= 0.3 is 0 Å². The van der Waals surface area contributed by atoms with Crippen molar-refractivity contribution in [3.8, 4) is 5.69 Å². The Morgan fingerprint density at radius 3 is 2.84 bits per heavy atom. The minimum Gasteiger partial charge on any atom is -0.352 e. The van der Waals surface area contributed by atoms with Crippen molar-refractivity contribution in [3.05, 3.63) is 82.0 Å². The molecule has 2 atom stereocenters. The molecular weight excluding hydrogens is 414 g/mol. The van der Waals surface area contributed by atoms with Crippen molar-refractivity contribution in [1.29, 1.82) is 0 Å². The Hall–Kier alpha value is -2.90. The molecule has 2 N–H and O–H groups in total. The first-order valence-electron chi connectivity index (χ1n) is 10.5. The van der Waals surface area contributed by atoms with E-state index < -0.39 is 0 Å². The average molecular weight is 440 g/mol. The molecule has 7 nitrogen and oxygen atoms in total. The molecule has 2 aliphatic rings. The van der Waals surface area contributed by atoms with Gasteiger partial charge in [-0.25, -0.2) is 4.68 Å². The molecule has 4 heterocycles. The van der Waals surface area contributed by atoms with E-state index in [1.807, 2.05) is 51.8 Å². The van der Waals surface area contributed by atoms with Gasteiger partial charge in [0.1, 0.15) is 5.56 Å². The highest BCUT2D eigenvalue weighted by atomic mass is 35.5. The van der Waals surface area contributed by atoms with Crippen LogP contribution in [0, 0.1) is 5.92 Å². The fourth-order valence-electron chi connectivity index (χ4n) is 4.59. The summed E-state index contributed by atoms with van der Waals surface area (Å²) in [6.45, 7) is 2.99. The van der Waals surface area contributed by atoms with E-state index in [0.29, 0.717) is 31.3 Å². The van der Waals surface area contributed by atoms with Crippen molar-refractivity contribution < 1.29 is 4.79 Å². The smallest absolute Gasteiger partial charge is 0.263 e. The van der Waals surface area contributed by atoms with Gasteiger partial charge in [-0.1, -0.05) is 18.2 Å². The number of para-hydroxylation sites is 1. The molecule has 0 aliphatic carbocycles. The summed E-state index contributed by atoms with van der Waals surface area (Å²) < 4.78 is 3.64. The molecule has 0 radical (unpaired) electrons. The molecule has 3 aromatic rings. The van der Waals surface area contributed by atoms with Crippen LogP contribution >= 0.6 is 12.4 Å². The van der Waals surface area contributed by atoms with Crippen LogP contribution in [-0.4, -0.2) is 39.9 Å². The number of carbonyl (C=O) groups is 1. The summed E-state index contributed by atoms with van der Waals surface area (Å²) in [5.74, 6) is 0.525. The summed E-state index contributed by atoms with van der Waals surface area (Å²) in [6, 6.07) is 13.5. The van der Waals surface area contributed by atoms with Crippen LogP contribution in [0.1, 0.15) is 34.0 Å². The van der Waals surface area contributed by atoms with Crippen molar-refractivity contribution in [2.24, 2.45) is 5.92 Å². The number of hydrogen-bond acceptors (Lipinski definition) is 4. The number of benzene rings is 1. The number of carbonyl (C=O) groups excluding carboxylic acids is 1. The van der Waals surface area contributed by atoms with Crippen molar-refractivity contribution >= 4 is 18.3 Å². The second kappa shape index (κ2) is 9.08. The van der Waals surface area contributed by atoms with Gasteiger partial charge in [0.05, 0.1) is 11.9 Å². The minimum atomic E-state index is -0.306. The van der Waals surface area contributed by atoms with Crippen LogP contribution in [0.25, 0.3) is 5.69 Å². The maximum absolute atomic E-state index is 12.9. The number of aromatic nitrogens is 3. The van der Waals surface area contributed by atoms with Gasteiger partial charge in [0.2, 0.25) is 0 Å². The maximum Gasteiger partial charge on any atom is 0.263 e. The van der Waals surface area contributed by atoms with Crippen molar-refractivity contribution in [1.82, 2.24) is 25.0 Å². The molecule has 1 fully saturated rings. The zero-order valence-electron chi connectivity index (χ0n) is 17.2. The Labute approximate surface area is 186 Å². The van der Waals surface area contributed by atoms with Gasteiger partial charge in [0.15, 0.2) is 0 Å². The van der Waals surface area contributed by atoms with Crippen molar-refractivity contribution in [2.75, 3.05) is 19.6 Å². The maximum atomic E-state index is 12.9. The van der Waals surface area contributed by atoms with Crippen molar-refractivity contribution in [3.63, 3.8) is 0 Å². The third-order valence-corrected chi connectivity index (χ3v) is 6.11. The summed E-state index contributed by atoms with van der Waals surface area (Å²) in [7, 11) is 0. The number of amides is 1. The summed E-state index contributed by atoms with van der Waals surface area (Å²) in [6.07, 6.45) is 5.54. The number of halogens is 1. The molecule has 0 unspecified atom stereocenters. The fourth-order valence-corrected chi connectivity index (χ4v) is 4.59. The molecule has 31 heavy (non-hydrogen) atoms. The van der Waals surface area contributed by atoms with Crippen LogP contribution in [0.4, 0.5) is 0 Å². The number of fused-ring (bicyclic) bond motifs is 4. The highest BCUT2D eigenvalue weighted by molar-refractivity contribution is 5.93. The second-order valence-electron chi connectivity index (χ2n) is 8.18. The number of rotatable bonds is 5. The molecule has 1 amide bonds. The zero-order valence-corrected chi connectivity index (χ0v) is 18.0. The second-order valence-corrected chi connectivity index (χ2v) is 8.18. The fraction of sp³-hybridized carbons (Fsp3) is 0.348. The van der Waals surface area contributed by atoms with E-state index >= 15 is 0 Å². The standard InChI is InChI=1S/C23H25N5O2.ClH/c29-22(25-9-8-16-12-26-28(15-16)19-4-2-1-3-5-19)20-6-7-21-18-10-17(11-24-13-18)14-27(21)23(20)30;/h1-7,12,15,17-18,24H,8-11,13-14H2,(H,25,29);1H/t17-,18+;/m0./s1. The van der Waals surface area contributed by atoms with E-state index in [4.69, 9.17) is 0 Å². The van der Waals surface area contributed by atoms with Gasteiger partial charge in [0.25, 0.3) is 11.5 Å². The molecule has 2 bridgehead atoms. The molecule has 162 valence electrons. The molecule has 0 spiro atoms. The van der Waals surface area contributed by atoms with Crippen LogP contribution in [0.15, 0.2) is 59.7 Å². The molecule has 2 aliphatic heterocycles. The monoisotopic (exact) mass is 439 g/mol. The lowest BCUT2D eigenvalue weighted by atomic mass is 9.84. The first kappa shape index (κ1) is 21.3. The van der Waals surface area contributed by atoms with Gasteiger partial charge in [-0.3, -0.25) is 9.59 Å². The predicted molar refractivity (Wildman–Crippen MR) is 121 cm³/mol. The number of hydrogen-bond donors (Lipinski definition) is 2. The number of piperidine rings is 1. The van der Waals surface area contributed by atoms with E-state index in [1.165, 1.54) is 0 Å². The van der Waals surface area contributed by atoms with Crippen molar-refractivity contribution in [2.45, 2.75) is 25.3 Å². The van der Waals surface area contributed by atoms with Gasteiger partial charge in [-0.15, -0.1) is 12.4 Å². The quantitative estimate of drug-likeness (QED) is 0.638. The zero-order chi connectivity index (χ0) is 20.5. The number of nitrogens with one attached hydrogen (secondary N) is 2. The largest absolute Gasteiger partial charge is 0.352 e. The van der Waals surface area contributed by atoms with Crippen LogP contribution in [0.3, 0.4) is 0 Å². The summed E-state index contributed by atoms with van der Waals surface area (Å²) in [5, 5.41) is 10.7. The van der Waals surface area contributed by atoms with Gasteiger partial charge in [-0.2, -0.15) is 5.10 Å². The van der Waals surface area contributed by atoms with Crippen LogP contribution in [0.5, 0.6) is 0 Å². The predicted octanol–water partition coefficient (Wildman–Crippen LogP) is 2.13. The van der Waals surface area contributed by atoms with Crippen LogP contribution in [-0.2, 0) is 13.0 Å². The van der Waals surface area contributed by atoms with E-state index in [-0.39, 0.29) is 29.4 Å². The number of nitrogens with zero attached hydrogens (tertiary/aromatic N) is 3. The topological polar surface area (TPSA) is 81.0 Å². The lowest BCUT2D eigenvalue weighted by Gasteiger charge is -2.37. The first-order valence-corrected chi connectivity index (χ1v) is 10.5.